The van der Waals surface area contributed by atoms with Crippen molar-refractivity contribution < 1.29 is 23.8 Å². The molecule has 0 aliphatic heterocycles. The summed E-state index contributed by atoms with van der Waals surface area (Å²) in [5.74, 6) is 0.408. The van der Waals surface area contributed by atoms with Crippen molar-refractivity contribution in [2.24, 2.45) is 0 Å². The molecule has 1 atom stereocenters. The Hall–Kier alpha value is -3.29. The number of halogens is 1. The minimum atomic E-state index is -1.20. The number of aromatic nitrogens is 2. The van der Waals surface area contributed by atoms with Crippen LogP contribution in [0.4, 0.5) is 9.18 Å². The topological polar surface area (TPSA) is 85.1 Å². The summed E-state index contributed by atoms with van der Waals surface area (Å²) < 4.78 is 27.1. The summed E-state index contributed by atoms with van der Waals surface area (Å²) in [6, 6.07) is 9.81. The smallest absolute Gasteiger partial charge is 0.407 e. The Morgan fingerprint density at radius 3 is 2.70 bits per heavy atom. The van der Waals surface area contributed by atoms with Crippen LogP contribution in [0.15, 0.2) is 42.6 Å². The van der Waals surface area contributed by atoms with Crippen LogP contribution in [-0.4, -0.2) is 33.6 Å². The van der Waals surface area contributed by atoms with Crippen molar-refractivity contribution in [1.82, 2.24) is 14.9 Å². The van der Waals surface area contributed by atoms with Crippen LogP contribution in [0.5, 0.6) is 11.5 Å². The third-order valence-corrected chi connectivity index (χ3v) is 3.89. The van der Waals surface area contributed by atoms with Gasteiger partial charge in [0, 0.05) is 18.1 Å². The highest BCUT2D eigenvalue weighted by molar-refractivity contribution is 5.67. The van der Waals surface area contributed by atoms with Crippen molar-refractivity contribution in [3.8, 4) is 22.8 Å². The van der Waals surface area contributed by atoms with E-state index in [9.17, 15) is 9.18 Å². The van der Waals surface area contributed by atoms with Crippen molar-refractivity contribution in [2.75, 3.05) is 6.61 Å². The molecule has 3 aromatic rings. The van der Waals surface area contributed by atoms with Gasteiger partial charge in [-0.3, -0.25) is 5.32 Å². The molecule has 0 saturated carbocycles. The van der Waals surface area contributed by atoms with Crippen LogP contribution in [0.1, 0.15) is 20.3 Å². The zero-order valence-corrected chi connectivity index (χ0v) is 15.0. The predicted molar refractivity (Wildman–Crippen MR) is 97.6 cm³/mol. The van der Waals surface area contributed by atoms with Gasteiger partial charge in [-0.25, -0.2) is 13.7 Å². The number of carboxylic acid groups (broad SMARTS) is 1. The van der Waals surface area contributed by atoms with E-state index in [1.807, 2.05) is 19.1 Å². The maximum atomic E-state index is 14.6. The van der Waals surface area contributed by atoms with E-state index in [0.29, 0.717) is 30.0 Å². The molecule has 0 spiro atoms. The summed E-state index contributed by atoms with van der Waals surface area (Å²) in [5.41, 5.74) is 1.61. The molecule has 0 bridgehead atoms. The molecule has 2 N–H and O–H groups in total. The molecule has 0 saturated heterocycles. The monoisotopic (exact) mass is 373 g/mol. The standard InChI is InChI=1S/C19H20FN3O4/c1-3-18(21-19(24)25)27-13-7-8-15(16(20)10-13)17-9-12-5-6-14(26-4-2)11-23(12)22-17/h5-11,18,21H,3-4H2,1-2H3,(H,24,25). The van der Waals surface area contributed by atoms with Gasteiger partial charge in [-0.2, -0.15) is 5.10 Å². The summed E-state index contributed by atoms with van der Waals surface area (Å²) in [6.45, 7) is 4.20. The molecule has 1 unspecified atom stereocenters. The number of pyridine rings is 1. The minimum absolute atomic E-state index is 0.235. The Balaban J connectivity index is 1.85. The van der Waals surface area contributed by atoms with Crippen LogP contribution in [0.3, 0.4) is 0 Å². The van der Waals surface area contributed by atoms with Gasteiger partial charge in [-0.05, 0) is 37.3 Å². The number of hydrogen-bond donors (Lipinski definition) is 2. The summed E-state index contributed by atoms with van der Waals surface area (Å²) in [7, 11) is 0. The number of nitrogens with zero attached hydrogens (tertiary/aromatic N) is 2. The van der Waals surface area contributed by atoms with Crippen molar-refractivity contribution in [3.05, 3.63) is 48.4 Å². The van der Waals surface area contributed by atoms with Crippen molar-refractivity contribution in [2.45, 2.75) is 26.5 Å². The number of hydrogen-bond acceptors (Lipinski definition) is 4. The highest BCUT2D eigenvalue weighted by atomic mass is 19.1. The van der Waals surface area contributed by atoms with Crippen LogP contribution >= 0.6 is 0 Å². The highest BCUT2D eigenvalue weighted by Crippen LogP contribution is 2.27. The summed E-state index contributed by atoms with van der Waals surface area (Å²) >= 11 is 0. The van der Waals surface area contributed by atoms with E-state index in [4.69, 9.17) is 14.6 Å². The molecule has 3 rings (SSSR count). The largest absolute Gasteiger partial charge is 0.492 e. The van der Waals surface area contributed by atoms with Gasteiger partial charge in [-0.1, -0.05) is 6.92 Å². The van der Waals surface area contributed by atoms with Crippen molar-refractivity contribution in [3.63, 3.8) is 0 Å². The lowest BCUT2D eigenvalue weighted by Gasteiger charge is -2.17. The first kappa shape index (κ1) is 18.5. The van der Waals surface area contributed by atoms with Gasteiger partial charge >= 0.3 is 6.09 Å². The molecule has 2 heterocycles. The number of amides is 1. The molecule has 0 fully saturated rings. The first-order valence-electron chi connectivity index (χ1n) is 8.58. The van der Waals surface area contributed by atoms with Gasteiger partial charge in [0.25, 0.3) is 0 Å². The molecule has 2 aromatic heterocycles. The Kier molecular flexibility index (Phi) is 5.44. The molecule has 0 aliphatic carbocycles. The minimum Gasteiger partial charge on any atom is -0.492 e. The molecule has 8 heteroatoms. The van der Waals surface area contributed by atoms with Crippen LogP contribution in [0.25, 0.3) is 16.8 Å². The van der Waals surface area contributed by atoms with Gasteiger partial charge in [0.1, 0.15) is 17.3 Å². The van der Waals surface area contributed by atoms with Gasteiger partial charge in [0.15, 0.2) is 6.23 Å². The first-order valence-corrected chi connectivity index (χ1v) is 8.58. The Labute approximate surface area is 155 Å². The van der Waals surface area contributed by atoms with Crippen LogP contribution < -0.4 is 14.8 Å². The SMILES string of the molecule is CCOc1ccc2cc(-c3ccc(OC(CC)NC(=O)O)cc3F)nn2c1. The van der Waals surface area contributed by atoms with E-state index in [1.165, 1.54) is 6.07 Å². The fourth-order valence-electron chi connectivity index (χ4n) is 2.65. The number of carbonyl (C=O) groups is 1. The Morgan fingerprint density at radius 1 is 1.26 bits per heavy atom. The quantitative estimate of drug-likeness (QED) is 0.613. The zero-order valence-electron chi connectivity index (χ0n) is 15.0. The van der Waals surface area contributed by atoms with E-state index in [1.54, 1.807) is 35.8 Å². The van der Waals surface area contributed by atoms with E-state index in [2.05, 4.69) is 10.4 Å². The molecule has 1 amide bonds. The zero-order chi connectivity index (χ0) is 19.4. The molecule has 0 aliphatic rings. The Morgan fingerprint density at radius 2 is 2.04 bits per heavy atom. The molecular weight excluding hydrogens is 353 g/mol. The molecular formula is C19H20FN3O4. The number of rotatable bonds is 7. The maximum Gasteiger partial charge on any atom is 0.407 e. The van der Waals surface area contributed by atoms with Gasteiger partial charge in [-0.15, -0.1) is 0 Å². The second kappa shape index (κ2) is 7.94. The lowest BCUT2D eigenvalue weighted by atomic mass is 10.1. The first-order chi connectivity index (χ1) is 13.0. The number of nitrogens with one attached hydrogen (secondary N) is 1. The van der Waals surface area contributed by atoms with Gasteiger partial charge in [0.2, 0.25) is 0 Å². The lowest BCUT2D eigenvalue weighted by molar-refractivity contribution is 0.135. The molecule has 0 radical (unpaired) electrons. The third-order valence-electron chi connectivity index (χ3n) is 3.89. The second-order valence-corrected chi connectivity index (χ2v) is 5.80. The van der Waals surface area contributed by atoms with Gasteiger partial charge in [0.05, 0.1) is 24.0 Å². The lowest BCUT2D eigenvalue weighted by Crippen LogP contribution is -2.37. The highest BCUT2D eigenvalue weighted by Gasteiger charge is 2.14. The molecule has 27 heavy (non-hydrogen) atoms. The van der Waals surface area contributed by atoms with E-state index >= 15 is 0 Å². The fraction of sp³-hybridized carbons (Fsp3) is 0.263. The number of benzene rings is 1. The molecule has 1 aromatic carbocycles. The maximum absolute atomic E-state index is 14.6. The van der Waals surface area contributed by atoms with E-state index in [-0.39, 0.29) is 5.75 Å². The van der Waals surface area contributed by atoms with Crippen LogP contribution in [0.2, 0.25) is 0 Å². The van der Waals surface area contributed by atoms with Crippen LogP contribution in [-0.2, 0) is 0 Å². The van der Waals surface area contributed by atoms with Crippen LogP contribution in [0, 0.1) is 5.82 Å². The van der Waals surface area contributed by atoms with Crippen molar-refractivity contribution in [1.29, 1.82) is 0 Å². The van der Waals surface area contributed by atoms with Gasteiger partial charge < -0.3 is 14.6 Å². The second-order valence-electron chi connectivity index (χ2n) is 5.80. The average Bonchev–Trinajstić information content (AvgIpc) is 3.04. The average molecular weight is 373 g/mol. The Bertz CT molecular complexity index is 957. The fourth-order valence-corrected chi connectivity index (χ4v) is 2.65. The summed E-state index contributed by atoms with van der Waals surface area (Å²) in [4.78, 5) is 10.7. The van der Waals surface area contributed by atoms with E-state index in [0.717, 1.165) is 5.52 Å². The van der Waals surface area contributed by atoms with E-state index < -0.39 is 18.1 Å². The predicted octanol–water partition coefficient (Wildman–Crippen LogP) is 3.92. The summed E-state index contributed by atoms with van der Waals surface area (Å²) in [6.07, 6.45) is 0.195. The number of ether oxygens (including phenoxy) is 2. The summed E-state index contributed by atoms with van der Waals surface area (Å²) in [5, 5.41) is 15.4. The molecule has 142 valence electrons. The number of fused-ring (bicyclic) bond motifs is 1. The van der Waals surface area contributed by atoms with Crippen molar-refractivity contribution >= 4 is 11.6 Å². The normalized spacial score (nSPS) is 12.0. The third kappa shape index (κ3) is 4.28. The molecule has 7 nitrogen and oxygen atoms in total.